The van der Waals surface area contributed by atoms with Crippen molar-refractivity contribution in [2.75, 3.05) is 6.54 Å². The van der Waals surface area contributed by atoms with Crippen molar-refractivity contribution < 1.29 is 9.53 Å². The monoisotopic (exact) mass is 211 g/mol. The standard InChI is InChI=1S/C10H17N3O2/c1-8(2)15-10(14)7-11-6-9-12-4-5-13(9)3/h4-5,8,11H,6-7H2,1-3H3. The van der Waals surface area contributed by atoms with Crippen molar-refractivity contribution in [1.82, 2.24) is 14.9 Å². The van der Waals surface area contributed by atoms with Gasteiger partial charge in [0.15, 0.2) is 0 Å². The third-order valence-corrected chi connectivity index (χ3v) is 1.84. The van der Waals surface area contributed by atoms with Gasteiger partial charge in [0.1, 0.15) is 5.82 Å². The zero-order valence-electron chi connectivity index (χ0n) is 9.36. The maximum Gasteiger partial charge on any atom is 0.320 e. The van der Waals surface area contributed by atoms with E-state index >= 15 is 0 Å². The van der Waals surface area contributed by atoms with Gasteiger partial charge in [0.25, 0.3) is 0 Å². The highest BCUT2D eigenvalue weighted by Crippen LogP contribution is 1.93. The fourth-order valence-electron chi connectivity index (χ4n) is 1.15. The van der Waals surface area contributed by atoms with Crippen LogP contribution in [0.25, 0.3) is 0 Å². The van der Waals surface area contributed by atoms with Crippen LogP contribution in [0.2, 0.25) is 0 Å². The third kappa shape index (κ3) is 4.12. The summed E-state index contributed by atoms with van der Waals surface area (Å²) < 4.78 is 6.87. The number of imidazole rings is 1. The van der Waals surface area contributed by atoms with Gasteiger partial charge in [0.2, 0.25) is 0 Å². The van der Waals surface area contributed by atoms with E-state index in [4.69, 9.17) is 4.74 Å². The van der Waals surface area contributed by atoms with Crippen molar-refractivity contribution in [3.63, 3.8) is 0 Å². The summed E-state index contributed by atoms with van der Waals surface area (Å²) in [5.41, 5.74) is 0. The van der Waals surface area contributed by atoms with Crippen LogP contribution in [0.15, 0.2) is 12.4 Å². The second-order valence-corrected chi connectivity index (χ2v) is 3.60. The molecule has 1 aromatic rings. The number of nitrogens with one attached hydrogen (secondary N) is 1. The lowest BCUT2D eigenvalue weighted by molar-refractivity contribution is -0.146. The SMILES string of the molecule is CC(C)OC(=O)CNCc1nccn1C. The summed E-state index contributed by atoms with van der Waals surface area (Å²) in [6.45, 7) is 4.44. The number of hydrogen-bond acceptors (Lipinski definition) is 4. The van der Waals surface area contributed by atoms with Crippen LogP contribution < -0.4 is 5.32 Å². The van der Waals surface area contributed by atoms with Crippen molar-refractivity contribution in [2.45, 2.75) is 26.5 Å². The van der Waals surface area contributed by atoms with Crippen LogP contribution in [0, 0.1) is 0 Å². The van der Waals surface area contributed by atoms with Gasteiger partial charge in [-0.05, 0) is 13.8 Å². The number of aromatic nitrogens is 2. The third-order valence-electron chi connectivity index (χ3n) is 1.84. The molecule has 1 N–H and O–H groups in total. The molecule has 1 heterocycles. The van der Waals surface area contributed by atoms with Gasteiger partial charge < -0.3 is 9.30 Å². The molecule has 0 aliphatic heterocycles. The Labute approximate surface area is 89.4 Å². The number of nitrogens with zero attached hydrogens (tertiary/aromatic N) is 2. The number of esters is 1. The van der Waals surface area contributed by atoms with Crippen LogP contribution in [-0.2, 0) is 23.1 Å². The predicted molar refractivity (Wildman–Crippen MR) is 56.1 cm³/mol. The highest BCUT2D eigenvalue weighted by Gasteiger charge is 2.05. The molecule has 84 valence electrons. The Bertz CT molecular complexity index is 320. The summed E-state index contributed by atoms with van der Waals surface area (Å²) in [5.74, 6) is 0.659. The summed E-state index contributed by atoms with van der Waals surface area (Å²) in [7, 11) is 1.91. The molecule has 0 spiro atoms. The van der Waals surface area contributed by atoms with E-state index in [1.54, 1.807) is 6.20 Å². The summed E-state index contributed by atoms with van der Waals surface area (Å²) in [6, 6.07) is 0. The Balaban J connectivity index is 2.22. The van der Waals surface area contributed by atoms with E-state index in [1.165, 1.54) is 0 Å². The fourth-order valence-corrected chi connectivity index (χ4v) is 1.15. The number of carbonyl (C=O) groups excluding carboxylic acids is 1. The van der Waals surface area contributed by atoms with E-state index in [1.807, 2.05) is 31.7 Å². The molecule has 0 aromatic carbocycles. The van der Waals surface area contributed by atoms with Crippen LogP contribution >= 0.6 is 0 Å². The Kier molecular flexibility index (Phi) is 4.30. The number of aryl methyl sites for hydroxylation is 1. The molecule has 0 unspecified atom stereocenters. The van der Waals surface area contributed by atoms with E-state index in [9.17, 15) is 4.79 Å². The van der Waals surface area contributed by atoms with E-state index in [0.717, 1.165) is 5.82 Å². The number of ether oxygens (including phenoxy) is 1. The van der Waals surface area contributed by atoms with Crippen LogP contribution in [0.4, 0.5) is 0 Å². The smallest absolute Gasteiger partial charge is 0.320 e. The van der Waals surface area contributed by atoms with Crippen LogP contribution in [0.3, 0.4) is 0 Å². The molecule has 0 aliphatic rings. The minimum atomic E-state index is -0.237. The van der Waals surface area contributed by atoms with Gasteiger partial charge in [-0.2, -0.15) is 0 Å². The number of hydrogen-bond donors (Lipinski definition) is 1. The Hall–Kier alpha value is -1.36. The normalized spacial score (nSPS) is 10.7. The number of carbonyl (C=O) groups is 1. The molecule has 0 radical (unpaired) electrons. The first kappa shape index (κ1) is 11.7. The molecule has 0 amide bonds. The zero-order valence-corrected chi connectivity index (χ0v) is 9.36. The van der Waals surface area contributed by atoms with Crippen molar-refractivity contribution in [2.24, 2.45) is 7.05 Å². The molecule has 0 saturated carbocycles. The minimum Gasteiger partial charge on any atom is -0.462 e. The molecule has 1 rings (SSSR count). The van der Waals surface area contributed by atoms with Gasteiger partial charge in [-0.15, -0.1) is 0 Å². The quantitative estimate of drug-likeness (QED) is 0.719. The lowest BCUT2D eigenvalue weighted by Gasteiger charge is -2.08. The maximum atomic E-state index is 11.2. The molecule has 0 atom stereocenters. The topological polar surface area (TPSA) is 56.1 Å². The van der Waals surface area contributed by atoms with Gasteiger partial charge in [0, 0.05) is 19.4 Å². The minimum absolute atomic E-state index is 0.0625. The van der Waals surface area contributed by atoms with E-state index in [-0.39, 0.29) is 18.6 Å². The first-order valence-electron chi connectivity index (χ1n) is 4.96. The van der Waals surface area contributed by atoms with E-state index in [0.29, 0.717) is 6.54 Å². The molecule has 5 nitrogen and oxygen atoms in total. The zero-order chi connectivity index (χ0) is 11.3. The van der Waals surface area contributed by atoms with Gasteiger partial charge in [0.05, 0.1) is 19.2 Å². The van der Waals surface area contributed by atoms with Crippen molar-refractivity contribution in [3.8, 4) is 0 Å². The molecular weight excluding hydrogens is 194 g/mol. The molecule has 0 fully saturated rings. The first-order chi connectivity index (χ1) is 7.09. The Morgan fingerprint density at radius 3 is 2.93 bits per heavy atom. The molecule has 5 heteroatoms. The average molecular weight is 211 g/mol. The predicted octanol–water partition coefficient (Wildman–Crippen LogP) is 0.461. The molecule has 0 bridgehead atoms. The van der Waals surface area contributed by atoms with Gasteiger partial charge >= 0.3 is 5.97 Å². The van der Waals surface area contributed by atoms with E-state index < -0.39 is 0 Å². The fraction of sp³-hybridized carbons (Fsp3) is 0.600. The first-order valence-corrected chi connectivity index (χ1v) is 4.96. The lowest BCUT2D eigenvalue weighted by Crippen LogP contribution is -2.27. The van der Waals surface area contributed by atoms with Crippen molar-refractivity contribution >= 4 is 5.97 Å². The van der Waals surface area contributed by atoms with Crippen LogP contribution in [-0.4, -0.2) is 28.2 Å². The second-order valence-electron chi connectivity index (χ2n) is 3.60. The summed E-state index contributed by atoms with van der Waals surface area (Å²) in [6.07, 6.45) is 3.53. The molecular formula is C10H17N3O2. The highest BCUT2D eigenvalue weighted by molar-refractivity contribution is 5.71. The Morgan fingerprint density at radius 1 is 1.67 bits per heavy atom. The lowest BCUT2D eigenvalue weighted by atomic mass is 10.5. The van der Waals surface area contributed by atoms with Crippen molar-refractivity contribution in [3.05, 3.63) is 18.2 Å². The highest BCUT2D eigenvalue weighted by atomic mass is 16.5. The van der Waals surface area contributed by atoms with E-state index in [2.05, 4.69) is 10.3 Å². The summed E-state index contributed by atoms with van der Waals surface area (Å²) >= 11 is 0. The van der Waals surface area contributed by atoms with Crippen LogP contribution in [0.5, 0.6) is 0 Å². The van der Waals surface area contributed by atoms with Crippen molar-refractivity contribution in [1.29, 1.82) is 0 Å². The second kappa shape index (κ2) is 5.50. The molecule has 15 heavy (non-hydrogen) atoms. The summed E-state index contributed by atoms with van der Waals surface area (Å²) in [5, 5.41) is 2.98. The summed E-state index contributed by atoms with van der Waals surface area (Å²) in [4.78, 5) is 15.3. The number of rotatable bonds is 5. The van der Waals surface area contributed by atoms with Gasteiger partial charge in [-0.25, -0.2) is 4.98 Å². The molecule has 0 aliphatic carbocycles. The Morgan fingerprint density at radius 2 is 2.40 bits per heavy atom. The largest absolute Gasteiger partial charge is 0.462 e. The maximum absolute atomic E-state index is 11.2. The molecule has 0 saturated heterocycles. The van der Waals surface area contributed by atoms with Gasteiger partial charge in [-0.1, -0.05) is 0 Å². The van der Waals surface area contributed by atoms with Crippen LogP contribution in [0.1, 0.15) is 19.7 Å². The molecule has 1 aromatic heterocycles. The average Bonchev–Trinajstić information content (AvgIpc) is 2.50. The van der Waals surface area contributed by atoms with Gasteiger partial charge in [-0.3, -0.25) is 10.1 Å².